The molecular formula is C18H27N5O3. The molecule has 0 aromatic carbocycles. The monoisotopic (exact) mass is 361 g/mol. The van der Waals surface area contributed by atoms with E-state index in [9.17, 15) is 9.59 Å². The lowest BCUT2D eigenvalue weighted by atomic mass is 9.75. The minimum Gasteiger partial charge on any atom is -0.458 e. The van der Waals surface area contributed by atoms with Gasteiger partial charge in [0.1, 0.15) is 18.3 Å². The highest BCUT2D eigenvalue weighted by atomic mass is 16.6. The van der Waals surface area contributed by atoms with Crippen LogP contribution in [0, 0.1) is 5.92 Å². The van der Waals surface area contributed by atoms with Gasteiger partial charge in [-0.15, -0.1) is 0 Å². The smallest absolute Gasteiger partial charge is 0.307 e. The van der Waals surface area contributed by atoms with Crippen molar-refractivity contribution in [2.45, 2.75) is 50.7 Å². The van der Waals surface area contributed by atoms with Gasteiger partial charge in [0.15, 0.2) is 0 Å². The highest BCUT2D eigenvalue weighted by Gasteiger charge is 2.53. The summed E-state index contributed by atoms with van der Waals surface area (Å²) in [6, 6.07) is 0. The Balaban J connectivity index is 1.32. The van der Waals surface area contributed by atoms with E-state index >= 15 is 0 Å². The van der Waals surface area contributed by atoms with E-state index in [0.29, 0.717) is 0 Å². The fourth-order valence-corrected chi connectivity index (χ4v) is 4.61. The van der Waals surface area contributed by atoms with Crippen molar-refractivity contribution in [1.29, 1.82) is 0 Å². The molecule has 4 rings (SSSR count). The van der Waals surface area contributed by atoms with Gasteiger partial charge in [0.05, 0.1) is 18.9 Å². The zero-order chi connectivity index (χ0) is 18.0. The Morgan fingerprint density at radius 2 is 1.92 bits per heavy atom. The molecule has 3 fully saturated rings. The van der Waals surface area contributed by atoms with Gasteiger partial charge in [-0.05, 0) is 25.7 Å². The zero-order valence-corrected chi connectivity index (χ0v) is 15.2. The van der Waals surface area contributed by atoms with Crippen LogP contribution in [0.5, 0.6) is 0 Å². The molecule has 8 nitrogen and oxygen atoms in total. The molecule has 2 saturated heterocycles. The van der Waals surface area contributed by atoms with Gasteiger partial charge >= 0.3 is 5.97 Å². The highest BCUT2D eigenvalue weighted by Crippen LogP contribution is 2.44. The molecule has 1 atom stereocenters. The number of rotatable bonds is 4. The number of amides is 1. The summed E-state index contributed by atoms with van der Waals surface area (Å²) >= 11 is 0. The maximum Gasteiger partial charge on any atom is 0.307 e. The highest BCUT2D eigenvalue weighted by molar-refractivity contribution is 5.88. The van der Waals surface area contributed by atoms with Crippen LogP contribution in [0.2, 0.25) is 0 Å². The van der Waals surface area contributed by atoms with Gasteiger partial charge in [0, 0.05) is 32.7 Å². The summed E-state index contributed by atoms with van der Waals surface area (Å²) in [5.41, 5.74) is -0.517. The van der Waals surface area contributed by atoms with Crippen LogP contribution in [-0.4, -0.2) is 74.8 Å². The Labute approximate surface area is 153 Å². The first-order chi connectivity index (χ1) is 12.7. The van der Waals surface area contributed by atoms with Crippen molar-refractivity contribution in [2.24, 2.45) is 5.92 Å². The first-order valence-corrected chi connectivity index (χ1v) is 9.72. The molecular weight excluding hydrogens is 334 g/mol. The van der Waals surface area contributed by atoms with E-state index in [0.717, 1.165) is 65.0 Å². The van der Waals surface area contributed by atoms with Crippen molar-refractivity contribution in [2.75, 3.05) is 32.7 Å². The van der Waals surface area contributed by atoms with Crippen LogP contribution in [0.1, 0.15) is 38.5 Å². The fraction of sp³-hybridized carbons (Fsp3) is 0.778. The number of piperazine rings is 1. The third-order valence-corrected chi connectivity index (χ3v) is 6.12. The van der Waals surface area contributed by atoms with Crippen LogP contribution in [-0.2, 0) is 20.9 Å². The van der Waals surface area contributed by atoms with Crippen molar-refractivity contribution in [3.63, 3.8) is 0 Å². The quantitative estimate of drug-likeness (QED) is 0.734. The van der Waals surface area contributed by atoms with Crippen molar-refractivity contribution in [1.82, 2.24) is 24.6 Å². The molecule has 1 aromatic heterocycles. The van der Waals surface area contributed by atoms with E-state index in [1.165, 1.54) is 6.42 Å². The maximum atomic E-state index is 13.1. The fourth-order valence-electron chi connectivity index (χ4n) is 4.61. The molecule has 0 bridgehead atoms. The molecule has 0 unspecified atom stereocenters. The molecule has 142 valence electrons. The number of aromatic nitrogens is 3. The van der Waals surface area contributed by atoms with Gasteiger partial charge in [-0.25, -0.2) is 4.98 Å². The molecule has 2 aliphatic heterocycles. The Morgan fingerprint density at radius 1 is 1.15 bits per heavy atom. The molecule has 1 amide bonds. The summed E-state index contributed by atoms with van der Waals surface area (Å²) in [5, 5.41) is 4.12. The van der Waals surface area contributed by atoms with Gasteiger partial charge in [0.25, 0.3) is 0 Å². The number of ether oxygens (including phenoxy) is 1. The summed E-state index contributed by atoms with van der Waals surface area (Å²) in [5.74, 6) is -0.359. The lowest BCUT2D eigenvalue weighted by Crippen LogP contribution is -2.54. The molecule has 8 heteroatoms. The molecule has 0 radical (unpaired) electrons. The summed E-state index contributed by atoms with van der Waals surface area (Å²) in [6.07, 6.45) is 8.47. The average molecular weight is 361 g/mol. The van der Waals surface area contributed by atoms with Gasteiger partial charge in [-0.1, -0.05) is 6.42 Å². The van der Waals surface area contributed by atoms with Crippen LogP contribution in [0.3, 0.4) is 0 Å². The van der Waals surface area contributed by atoms with E-state index in [1.54, 1.807) is 12.7 Å². The Bertz CT molecular complexity index is 633. The van der Waals surface area contributed by atoms with Gasteiger partial charge in [-0.2, -0.15) is 5.10 Å². The number of esters is 1. The summed E-state index contributed by atoms with van der Waals surface area (Å²) in [6.45, 7) is 4.86. The van der Waals surface area contributed by atoms with Crippen molar-refractivity contribution < 1.29 is 14.3 Å². The van der Waals surface area contributed by atoms with Gasteiger partial charge in [0.2, 0.25) is 5.91 Å². The molecule has 1 spiro atoms. The standard InChI is InChI=1S/C18H27N5O3/c24-16-12-15(18(26-16)4-2-1-3-5-18)17(25)22-9-6-21(7-10-22)8-11-23-14-19-13-20-23/h13-15H,1-12H2/t15-/m1/s1. The molecule has 1 aromatic rings. The first-order valence-electron chi connectivity index (χ1n) is 9.72. The van der Waals surface area contributed by atoms with E-state index in [2.05, 4.69) is 15.0 Å². The summed E-state index contributed by atoms with van der Waals surface area (Å²) in [4.78, 5) is 33.3. The summed E-state index contributed by atoms with van der Waals surface area (Å²) < 4.78 is 7.53. The van der Waals surface area contributed by atoms with Crippen molar-refractivity contribution in [3.8, 4) is 0 Å². The maximum absolute atomic E-state index is 13.1. The van der Waals surface area contributed by atoms with Crippen LogP contribution in [0.4, 0.5) is 0 Å². The van der Waals surface area contributed by atoms with E-state index < -0.39 is 5.60 Å². The normalized spacial score (nSPS) is 26.2. The summed E-state index contributed by atoms with van der Waals surface area (Å²) in [7, 11) is 0. The van der Waals surface area contributed by atoms with Crippen molar-refractivity contribution >= 4 is 11.9 Å². The van der Waals surface area contributed by atoms with Gasteiger partial charge in [-0.3, -0.25) is 19.2 Å². The largest absolute Gasteiger partial charge is 0.458 e. The lowest BCUT2D eigenvalue weighted by Gasteiger charge is -2.40. The second kappa shape index (κ2) is 7.34. The minimum atomic E-state index is -0.517. The molecule has 3 heterocycles. The van der Waals surface area contributed by atoms with E-state index in [1.807, 2.05) is 9.58 Å². The van der Waals surface area contributed by atoms with Crippen LogP contribution < -0.4 is 0 Å². The SMILES string of the molecule is O=C1C[C@H](C(=O)N2CCN(CCn3cncn3)CC2)C2(CCCCC2)O1. The van der Waals surface area contributed by atoms with Crippen LogP contribution in [0.25, 0.3) is 0 Å². The van der Waals surface area contributed by atoms with Crippen LogP contribution in [0.15, 0.2) is 12.7 Å². The molecule has 1 aliphatic carbocycles. The third-order valence-electron chi connectivity index (χ3n) is 6.12. The van der Waals surface area contributed by atoms with Gasteiger partial charge < -0.3 is 9.64 Å². The Morgan fingerprint density at radius 3 is 2.62 bits per heavy atom. The number of carbonyl (C=O) groups is 2. The van der Waals surface area contributed by atoms with Crippen molar-refractivity contribution in [3.05, 3.63) is 12.7 Å². The van der Waals surface area contributed by atoms with E-state index in [-0.39, 0.29) is 24.2 Å². The third kappa shape index (κ3) is 3.47. The predicted molar refractivity (Wildman–Crippen MR) is 93.1 cm³/mol. The number of carbonyl (C=O) groups excluding carboxylic acids is 2. The predicted octanol–water partition coefficient (Wildman–Crippen LogP) is 0.688. The zero-order valence-electron chi connectivity index (χ0n) is 15.2. The second-order valence-electron chi connectivity index (χ2n) is 7.68. The molecule has 0 N–H and O–H groups in total. The molecule has 26 heavy (non-hydrogen) atoms. The van der Waals surface area contributed by atoms with Crippen LogP contribution >= 0.6 is 0 Å². The first kappa shape index (κ1) is 17.5. The van der Waals surface area contributed by atoms with E-state index in [4.69, 9.17) is 4.74 Å². The molecule has 3 aliphatic rings. The molecule has 1 saturated carbocycles. The average Bonchev–Trinajstić information content (AvgIpc) is 3.28. The number of nitrogens with zero attached hydrogens (tertiary/aromatic N) is 5. The topological polar surface area (TPSA) is 80.6 Å². The Kier molecular flexibility index (Phi) is 4.93. The second-order valence-corrected chi connectivity index (χ2v) is 7.68. The lowest BCUT2D eigenvalue weighted by molar-refractivity contribution is -0.156. The Hall–Kier alpha value is -1.96. The number of hydrogen-bond donors (Lipinski definition) is 0. The minimum absolute atomic E-state index is 0.119. The number of hydrogen-bond acceptors (Lipinski definition) is 6.